The summed E-state index contributed by atoms with van der Waals surface area (Å²) in [4.78, 5) is 9.54. The highest BCUT2D eigenvalue weighted by Crippen LogP contribution is 2.41. The van der Waals surface area contributed by atoms with Crippen molar-refractivity contribution >= 4 is 42.4 Å². The maximum atomic E-state index is 4.82. The number of rotatable bonds is 2. The number of fused-ring (bicyclic) bond motifs is 4. The Morgan fingerprint density at radius 1 is 0.794 bits per heavy atom. The third kappa shape index (κ3) is 4.11. The summed E-state index contributed by atoms with van der Waals surface area (Å²) < 4.78 is 2.47. The van der Waals surface area contributed by atoms with Crippen molar-refractivity contribution in [1.29, 1.82) is 0 Å². The lowest BCUT2D eigenvalue weighted by molar-refractivity contribution is 0.411. The number of thiophene rings is 1. The molecule has 5 rings (SSSR count). The Kier molecular flexibility index (Phi) is 5.33. The number of benzene rings is 3. The molecule has 0 fully saturated rings. The topological polar surface area (TPSA) is 25.8 Å². The van der Waals surface area contributed by atoms with E-state index in [1.54, 1.807) is 6.33 Å². The predicted octanol–water partition coefficient (Wildman–Crippen LogP) is 9.17. The highest BCUT2D eigenvalue weighted by atomic mass is 32.1. The lowest BCUT2D eigenvalue weighted by atomic mass is 9.81. The minimum absolute atomic E-state index is 0.0319. The van der Waals surface area contributed by atoms with E-state index in [9.17, 15) is 0 Å². The van der Waals surface area contributed by atoms with Gasteiger partial charge in [0.25, 0.3) is 0 Å². The molecular formula is C31H34N2S. The summed E-state index contributed by atoms with van der Waals surface area (Å²) in [7, 11) is 0. The van der Waals surface area contributed by atoms with E-state index in [-0.39, 0.29) is 10.8 Å². The molecule has 0 atom stereocenters. The first-order chi connectivity index (χ1) is 15.9. The third-order valence-corrected chi connectivity index (χ3v) is 7.85. The fraction of sp³-hybridized carbons (Fsp3) is 0.355. The second-order valence-electron chi connectivity index (χ2n) is 12.0. The smallest absolute Gasteiger partial charge is 0.116 e. The van der Waals surface area contributed by atoms with Gasteiger partial charge in [-0.2, -0.15) is 0 Å². The SMILES string of the molecule is Cc1cc2cc(-c3ncnc4c3sc3cc(CC(C)(C)C)ccc34)cc(C(C)(C)C)c2cc1C. The summed E-state index contributed by atoms with van der Waals surface area (Å²) in [6, 6.07) is 16.2. The Balaban J connectivity index is 1.76. The van der Waals surface area contributed by atoms with E-state index in [0.717, 1.165) is 17.6 Å². The van der Waals surface area contributed by atoms with Gasteiger partial charge < -0.3 is 0 Å². The van der Waals surface area contributed by atoms with E-state index >= 15 is 0 Å². The minimum atomic E-state index is 0.0319. The third-order valence-electron chi connectivity index (χ3n) is 6.70. The van der Waals surface area contributed by atoms with E-state index in [1.165, 1.54) is 53.4 Å². The lowest BCUT2D eigenvalue weighted by Crippen LogP contribution is -2.12. The van der Waals surface area contributed by atoms with E-state index in [1.807, 2.05) is 11.3 Å². The normalized spacial score (nSPS) is 12.8. The summed E-state index contributed by atoms with van der Waals surface area (Å²) in [6.07, 6.45) is 2.79. The first kappa shape index (κ1) is 23.0. The number of nitrogens with zero attached hydrogens (tertiary/aromatic N) is 2. The molecule has 0 saturated heterocycles. The molecule has 0 radical (unpaired) electrons. The fourth-order valence-corrected chi connectivity index (χ4v) is 6.17. The predicted molar refractivity (Wildman–Crippen MR) is 149 cm³/mol. The van der Waals surface area contributed by atoms with Crippen LogP contribution in [0.4, 0.5) is 0 Å². The molecular weight excluding hydrogens is 432 g/mol. The van der Waals surface area contributed by atoms with Crippen molar-refractivity contribution in [3.63, 3.8) is 0 Å². The van der Waals surface area contributed by atoms with Crippen LogP contribution in [-0.2, 0) is 11.8 Å². The molecule has 5 aromatic rings. The van der Waals surface area contributed by atoms with E-state index in [0.29, 0.717) is 0 Å². The van der Waals surface area contributed by atoms with E-state index in [2.05, 4.69) is 97.9 Å². The van der Waals surface area contributed by atoms with Gasteiger partial charge in [-0.15, -0.1) is 11.3 Å². The van der Waals surface area contributed by atoms with Crippen LogP contribution in [0, 0.1) is 19.3 Å². The van der Waals surface area contributed by atoms with Gasteiger partial charge in [0.2, 0.25) is 0 Å². The molecule has 3 heteroatoms. The Bertz CT molecular complexity index is 1560. The standard InChI is InChI=1S/C31H34N2S/c1-18-11-21-14-22(15-25(31(6,7)8)24(21)12-19(18)2)27-29-28(33-17-32-27)23-10-9-20(13-26(23)34-29)16-30(3,4)5/h9-15,17H,16H2,1-8H3. The molecule has 2 heterocycles. The van der Waals surface area contributed by atoms with Crippen molar-refractivity contribution in [2.24, 2.45) is 5.41 Å². The zero-order valence-electron chi connectivity index (χ0n) is 21.6. The maximum Gasteiger partial charge on any atom is 0.116 e. The molecule has 0 bridgehead atoms. The number of aryl methyl sites for hydroxylation is 2. The van der Waals surface area contributed by atoms with Gasteiger partial charge in [0.15, 0.2) is 0 Å². The minimum Gasteiger partial charge on any atom is -0.235 e. The molecule has 3 aromatic carbocycles. The summed E-state index contributed by atoms with van der Waals surface area (Å²) in [5.74, 6) is 0. The van der Waals surface area contributed by atoms with Crippen LogP contribution in [0.1, 0.15) is 63.8 Å². The first-order valence-electron chi connectivity index (χ1n) is 12.1. The van der Waals surface area contributed by atoms with Crippen molar-refractivity contribution in [1.82, 2.24) is 9.97 Å². The molecule has 0 N–H and O–H groups in total. The summed E-state index contributed by atoms with van der Waals surface area (Å²) in [5, 5.41) is 3.85. The van der Waals surface area contributed by atoms with Crippen LogP contribution in [0.5, 0.6) is 0 Å². The maximum absolute atomic E-state index is 4.82. The van der Waals surface area contributed by atoms with Crippen LogP contribution in [-0.4, -0.2) is 9.97 Å². The molecule has 34 heavy (non-hydrogen) atoms. The van der Waals surface area contributed by atoms with Crippen LogP contribution in [0.25, 0.3) is 42.3 Å². The Morgan fingerprint density at radius 2 is 1.53 bits per heavy atom. The van der Waals surface area contributed by atoms with Crippen LogP contribution in [0.2, 0.25) is 0 Å². The van der Waals surface area contributed by atoms with Gasteiger partial charge in [-0.3, -0.25) is 0 Å². The Morgan fingerprint density at radius 3 is 2.24 bits per heavy atom. The van der Waals surface area contributed by atoms with Gasteiger partial charge in [0.05, 0.1) is 15.9 Å². The molecule has 0 spiro atoms. The molecule has 2 aromatic heterocycles. The van der Waals surface area contributed by atoms with E-state index in [4.69, 9.17) is 9.97 Å². The lowest BCUT2D eigenvalue weighted by Gasteiger charge is -2.23. The monoisotopic (exact) mass is 466 g/mol. The highest BCUT2D eigenvalue weighted by molar-refractivity contribution is 7.26. The fourth-order valence-electron chi connectivity index (χ4n) is 4.94. The quantitative estimate of drug-likeness (QED) is 0.259. The second-order valence-corrected chi connectivity index (χ2v) is 13.1. The number of aromatic nitrogens is 2. The van der Waals surface area contributed by atoms with Crippen molar-refractivity contribution in [3.8, 4) is 11.3 Å². The molecule has 0 aliphatic carbocycles. The average molecular weight is 467 g/mol. The zero-order valence-corrected chi connectivity index (χ0v) is 22.4. The largest absolute Gasteiger partial charge is 0.235 e. The summed E-state index contributed by atoms with van der Waals surface area (Å²) in [6.45, 7) is 18.2. The van der Waals surface area contributed by atoms with Gasteiger partial charge in [-0.1, -0.05) is 65.8 Å². The number of hydrogen-bond donors (Lipinski definition) is 0. The van der Waals surface area contributed by atoms with Crippen LogP contribution in [0.3, 0.4) is 0 Å². The molecule has 0 unspecified atom stereocenters. The summed E-state index contributed by atoms with van der Waals surface area (Å²) in [5.41, 5.74) is 8.98. The second kappa shape index (κ2) is 7.88. The highest BCUT2D eigenvalue weighted by Gasteiger charge is 2.21. The van der Waals surface area contributed by atoms with Gasteiger partial charge in [-0.25, -0.2) is 9.97 Å². The van der Waals surface area contributed by atoms with Crippen molar-refractivity contribution in [2.75, 3.05) is 0 Å². The van der Waals surface area contributed by atoms with Gasteiger partial charge in [0.1, 0.15) is 6.33 Å². The molecule has 2 nitrogen and oxygen atoms in total. The molecule has 0 aliphatic rings. The molecule has 0 amide bonds. The zero-order chi connectivity index (χ0) is 24.4. The van der Waals surface area contributed by atoms with Crippen molar-refractivity contribution in [2.45, 2.75) is 67.2 Å². The van der Waals surface area contributed by atoms with Crippen LogP contribution >= 0.6 is 11.3 Å². The molecule has 174 valence electrons. The van der Waals surface area contributed by atoms with Gasteiger partial charge in [-0.05, 0) is 82.3 Å². The Labute approximate surface area is 207 Å². The van der Waals surface area contributed by atoms with E-state index < -0.39 is 0 Å². The first-order valence-corrected chi connectivity index (χ1v) is 12.9. The molecule has 0 aliphatic heterocycles. The van der Waals surface area contributed by atoms with Crippen molar-refractivity contribution < 1.29 is 0 Å². The van der Waals surface area contributed by atoms with Gasteiger partial charge in [0, 0.05) is 15.6 Å². The summed E-state index contributed by atoms with van der Waals surface area (Å²) >= 11 is 1.82. The Hall–Kier alpha value is -2.78. The van der Waals surface area contributed by atoms with Crippen LogP contribution in [0.15, 0.2) is 48.8 Å². The average Bonchev–Trinajstić information content (AvgIpc) is 3.09. The van der Waals surface area contributed by atoms with Gasteiger partial charge >= 0.3 is 0 Å². The van der Waals surface area contributed by atoms with Crippen molar-refractivity contribution in [3.05, 3.63) is 71.0 Å². The molecule has 0 saturated carbocycles. The van der Waals surface area contributed by atoms with Crippen LogP contribution < -0.4 is 0 Å². The number of hydrogen-bond acceptors (Lipinski definition) is 3.